The van der Waals surface area contributed by atoms with E-state index in [9.17, 15) is 18.0 Å². The van der Waals surface area contributed by atoms with Crippen molar-refractivity contribution in [2.75, 3.05) is 11.1 Å². The number of alkyl halides is 3. The fourth-order valence-corrected chi connectivity index (χ4v) is 3.95. The third kappa shape index (κ3) is 4.71. The van der Waals surface area contributed by atoms with E-state index in [1.807, 2.05) is 31.2 Å². The van der Waals surface area contributed by atoms with Crippen molar-refractivity contribution in [2.24, 2.45) is 0 Å². The molecule has 0 atom stereocenters. The lowest BCUT2D eigenvalue weighted by atomic mass is 10.2. The highest BCUT2D eigenvalue weighted by molar-refractivity contribution is 8.00. The predicted molar refractivity (Wildman–Crippen MR) is 117 cm³/mol. The smallest absolute Gasteiger partial charge is 0.325 e. The molecule has 0 saturated carbocycles. The minimum atomic E-state index is -4.61. The van der Waals surface area contributed by atoms with Crippen LogP contribution in [0.1, 0.15) is 11.1 Å². The number of anilines is 1. The molecule has 0 unspecified atom stereocenters. The molecule has 0 spiro atoms. The van der Waals surface area contributed by atoms with E-state index < -0.39 is 22.7 Å². The van der Waals surface area contributed by atoms with Crippen LogP contribution in [0.5, 0.6) is 0 Å². The Hall–Kier alpha value is -3.11. The Labute approximate surface area is 189 Å². The second-order valence-corrected chi connectivity index (χ2v) is 8.21. The first-order valence-corrected chi connectivity index (χ1v) is 10.6. The molecule has 2 aromatic carbocycles. The van der Waals surface area contributed by atoms with Crippen molar-refractivity contribution in [1.82, 2.24) is 19.7 Å². The maximum absolute atomic E-state index is 13.0. The molecule has 2 heterocycles. The summed E-state index contributed by atoms with van der Waals surface area (Å²) < 4.78 is 40.7. The highest BCUT2D eigenvalue weighted by Gasteiger charge is 2.33. The fourth-order valence-electron chi connectivity index (χ4n) is 2.96. The molecule has 1 amide bonds. The number of amides is 1. The summed E-state index contributed by atoms with van der Waals surface area (Å²) >= 11 is 6.75. The van der Waals surface area contributed by atoms with Crippen LogP contribution in [-0.4, -0.2) is 31.4 Å². The second kappa shape index (κ2) is 8.79. The van der Waals surface area contributed by atoms with E-state index in [2.05, 4.69) is 20.4 Å². The lowest BCUT2D eigenvalue weighted by Gasteiger charge is -2.11. The number of aromatic nitrogens is 4. The Morgan fingerprint density at radius 3 is 2.62 bits per heavy atom. The standard InChI is InChI=1S/C21H15ClF3N5OS/c1-12-2-5-14(6-3-12)30-19-15(9-28-30)20(27-11-26-19)32-10-18(31)29-13-4-7-17(22)16(8-13)21(23,24)25/h2-9,11H,10H2,1H3,(H,29,31). The fraction of sp³-hybridized carbons (Fsp3) is 0.143. The van der Waals surface area contributed by atoms with Crippen LogP contribution >= 0.6 is 23.4 Å². The van der Waals surface area contributed by atoms with Crippen molar-refractivity contribution in [1.29, 1.82) is 0 Å². The van der Waals surface area contributed by atoms with Crippen molar-refractivity contribution >= 4 is 46.0 Å². The molecule has 0 aliphatic rings. The number of hydrogen-bond donors (Lipinski definition) is 1. The summed E-state index contributed by atoms with van der Waals surface area (Å²) in [6.07, 6.45) is -1.62. The molecule has 4 aromatic rings. The number of fused-ring (bicyclic) bond motifs is 1. The molecule has 164 valence electrons. The summed E-state index contributed by atoms with van der Waals surface area (Å²) in [5.41, 5.74) is 1.53. The van der Waals surface area contributed by atoms with Crippen LogP contribution < -0.4 is 5.32 Å². The van der Waals surface area contributed by atoms with Crippen LogP contribution in [0, 0.1) is 6.92 Å². The quantitative estimate of drug-likeness (QED) is 0.302. The maximum atomic E-state index is 13.0. The molecule has 0 fully saturated rings. The summed E-state index contributed by atoms with van der Waals surface area (Å²) in [6, 6.07) is 11.0. The van der Waals surface area contributed by atoms with Gasteiger partial charge in [-0.05, 0) is 37.3 Å². The molecule has 0 aliphatic heterocycles. The van der Waals surface area contributed by atoms with Gasteiger partial charge in [-0.1, -0.05) is 41.1 Å². The summed E-state index contributed by atoms with van der Waals surface area (Å²) in [4.78, 5) is 20.8. The van der Waals surface area contributed by atoms with E-state index in [1.165, 1.54) is 12.4 Å². The number of thioether (sulfide) groups is 1. The maximum Gasteiger partial charge on any atom is 0.417 e. The molecular weight excluding hydrogens is 463 g/mol. The summed E-state index contributed by atoms with van der Waals surface area (Å²) in [5.74, 6) is -0.547. The minimum absolute atomic E-state index is 0.00681. The number of carbonyl (C=O) groups excluding carboxylic acids is 1. The number of aryl methyl sites for hydroxylation is 1. The molecule has 0 bridgehead atoms. The lowest BCUT2D eigenvalue weighted by molar-refractivity contribution is -0.137. The van der Waals surface area contributed by atoms with Crippen LogP contribution in [0.15, 0.2) is 60.0 Å². The Morgan fingerprint density at radius 1 is 1.16 bits per heavy atom. The number of nitrogens with one attached hydrogen (secondary N) is 1. The van der Waals surface area contributed by atoms with Crippen molar-refractivity contribution in [2.45, 2.75) is 18.1 Å². The van der Waals surface area contributed by atoms with Gasteiger partial charge in [-0.3, -0.25) is 4.79 Å². The zero-order valence-electron chi connectivity index (χ0n) is 16.5. The third-order valence-corrected chi connectivity index (χ3v) is 5.84. The van der Waals surface area contributed by atoms with Gasteiger partial charge in [0.25, 0.3) is 0 Å². The van der Waals surface area contributed by atoms with Gasteiger partial charge in [-0.2, -0.15) is 18.3 Å². The SMILES string of the molecule is Cc1ccc(-n2ncc3c(SCC(=O)Nc4ccc(Cl)c(C(F)(F)F)c4)ncnc32)cc1. The van der Waals surface area contributed by atoms with E-state index in [-0.39, 0.29) is 11.4 Å². The Morgan fingerprint density at radius 2 is 1.91 bits per heavy atom. The average Bonchev–Trinajstić information content (AvgIpc) is 3.18. The van der Waals surface area contributed by atoms with E-state index >= 15 is 0 Å². The molecule has 32 heavy (non-hydrogen) atoms. The first-order chi connectivity index (χ1) is 15.2. The van der Waals surface area contributed by atoms with Crippen molar-refractivity contribution in [3.05, 3.63) is 71.1 Å². The van der Waals surface area contributed by atoms with Crippen LogP contribution in [0.25, 0.3) is 16.7 Å². The van der Waals surface area contributed by atoms with E-state index in [0.29, 0.717) is 16.1 Å². The summed E-state index contributed by atoms with van der Waals surface area (Å²) in [5, 5.41) is 7.60. The van der Waals surface area contributed by atoms with Gasteiger partial charge in [0, 0.05) is 5.69 Å². The normalized spacial score (nSPS) is 11.7. The highest BCUT2D eigenvalue weighted by atomic mass is 35.5. The van der Waals surface area contributed by atoms with Gasteiger partial charge in [-0.15, -0.1) is 0 Å². The predicted octanol–water partition coefficient (Wildman–Crippen LogP) is 5.53. The Balaban J connectivity index is 1.49. The van der Waals surface area contributed by atoms with E-state index in [4.69, 9.17) is 11.6 Å². The van der Waals surface area contributed by atoms with Gasteiger partial charge in [0.1, 0.15) is 11.4 Å². The van der Waals surface area contributed by atoms with Crippen LogP contribution in [0.3, 0.4) is 0 Å². The molecule has 4 rings (SSSR count). The molecule has 0 aliphatic carbocycles. The topological polar surface area (TPSA) is 72.7 Å². The van der Waals surface area contributed by atoms with Gasteiger partial charge in [0.15, 0.2) is 5.65 Å². The lowest BCUT2D eigenvalue weighted by Crippen LogP contribution is -2.15. The number of nitrogens with zero attached hydrogens (tertiary/aromatic N) is 4. The number of halogens is 4. The number of benzene rings is 2. The van der Waals surface area contributed by atoms with Crippen LogP contribution in [0.2, 0.25) is 5.02 Å². The number of hydrogen-bond acceptors (Lipinski definition) is 5. The molecule has 0 radical (unpaired) electrons. The van der Waals surface area contributed by atoms with Crippen molar-refractivity contribution in [3.63, 3.8) is 0 Å². The van der Waals surface area contributed by atoms with Gasteiger partial charge >= 0.3 is 6.18 Å². The van der Waals surface area contributed by atoms with E-state index in [1.54, 1.807) is 10.9 Å². The largest absolute Gasteiger partial charge is 0.417 e. The zero-order valence-corrected chi connectivity index (χ0v) is 18.1. The minimum Gasteiger partial charge on any atom is -0.325 e. The monoisotopic (exact) mass is 477 g/mol. The summed E-state index contributed by atoms with van der Waals surface area (Å²) in [6.45, 7) is 1.99. The third-order valence-electron chi connectivity index (χ3n) is 4.50. The number of rotatable bonds is 5. The van der Waals surface area contributed by atoms with Gasteiger partial charge < -0.3 is 5.32 Å². The molecule has 11 heteroatoms. The average molecular weight is 478 g/mol. The van der Waals surface area contributed by atoms with Gasteiger partial charge in [-0.25, -0.2) is 14.6 Å². The first-order valence-electron chi connectivity index (χ1n) is 9.27. The van der Waals surface area contributed by atoms with Gasteiger partial charge in [0.2, 0.25) is 5.91 Å². The highest BCUT2D eigenvalue weighted by Crippen LogP contribution is 2.36. The van der Waals surface area contributed by atoms with Gasteiger partial charge in [0.05, 0.1) is 33.6 Å². The molecular formula is C21H15ClF3N5OS. The van der Waals surface area contributed by atoms with Crippen molar-refractivity contribution in [3.8, 4) is 5.69 Å². The molecule has 2 aromatic heterocycles. The molecule has 1 N–H and O–H groups in total. The van der Waals surface area contributed by atoms with Crippen LogP contribution in [-0.2, 0) is 11.0 Å². The Bertz CT molecular complexity index is 1290. The zero-order chi connectivity index (χ0) is 22.9. The second-order valence-electron chi connectivity index (χ2n) is 6.84. The molecule has 0 saturated heterocycles. The number of carbonyl (C=O) groups is 1. The van der Waals surface area contributed by atoms with Crippen molar-refractivity contribution < 1.29 is 18.0 Å². The van der Waals surface area contributed by atoms with E-state index in [0.717, 1.165) is 35.1 Å². The van der Waals surface area contributed by atoms with Crippen LogP contribution in [0.4, 0.5) is 18.9 Å². The Kier molecular flexibility index (Phi) is 6.07. The first kappa shape index (κ1) is 22.1. The molecule has 6 nitrogen and oxygen atoms in total. The summed E-state index contributed by atoms with van der Waals surface area (Å²) in [7, 11) is 0.